The van der Waals surface area contributed by atoms with Gasteiger partial charge < -0.3 is 24.1 Å². The number of ether oxygens (including phenoxy) is 4. The second-order valence-electron chi connectivity index (χ2n) is 7.29. The van der Waals surface area contributed by atoms with Gasteiger partial charge in [-0.25, -0.2) is 0 Å². The van der Waals surface area contributed by atoms with Crippen molar-refractivity contribution >= 4 is 5.97 Å². The van der Waals surface area contributed by atoms with Gasteiger partial charge in [-0.2, -0.15) is 0 Å². The molecule has 1 N–H and O–H groups in total. The van der Waals surface area contributed by atoms with Crippen molar-refractivity contribution in [3.05, 3.63) is 47.5 Å². The van der Waals surface area contributed by atoms with E-state index in [2.05, 4.69) is 4.90 Å². The van der Waals surface area contributed by atoms with Crippen molar-refractivity contribution in [3.63, 3.8) is 0 Å². The molecule has 1 aliphatic heterocycles. The van der Waals surface area contributed by atoms with Crippen molar-refractivity contribution < 1.29 is 28.8 Å². The molecule has 0 aliphatic carbocycles. The zero-order chi connectivity index (χ0) is 21.7. The fourth-order valence-electron chi connectivity index (χ4n) is 4.09. The van der Waals surface area contributed by atoms with E-state index in [1.807, 2.05) is 36.4 Å². The second-order valence-corrected chi connectivity index (χ2v) is 7.29. The number of aliphatic carboxylic acids is 1. The first kappa shape index (κ1) is 21.8. The predicted octanol–water partition coefficient (Wildman–Crippen LogP) is 3.61. The minimum Gasteiger partial charge on any atom is -0.497 e. The number of carboxylic acid groups (broad SMARTS) is 1. The molecule has 1 saturated heterocycles. The molecule has 30 heavy (non-hydrogen) atoms. The number of likely N-dealkylation sites (tertiary alicyclic amines) is 1. The number of carboxylic acids is 1. The summed E-state index contributed by atoms with van der Waals surface area (Å²) in [6, 6.07) is 11.2. The van der Waals surface area contributed by atoms with Crippen LogP contribution in [-0.2, 0) is 4.79 Å². The van der Waals surface area contributed by atoms with Gasteiger partial charge in [0.15, 0.2) is 0 Å². The van der Waals surface area contributed by atoms with Gasteiger partial charge in [0, 0.05) is 29.8 Å². The van der Waals surface area contributed by atoms with Crippen LogP contribution < -0.4 is 18.9 Å². The number of benzene rings is 2. The molecule has 0 radical (unpaired) electrons. The molecule has 1 heterocycles. The van der Waals surface area contributed by atoms with E-state index in [4.69, 9.17) is 18.9 Å². The van der Waals surface area contributed by atoms with Crippen molar-refractivity contribution in [1.29, 1.82) is 0 Å². The SMILES string of the molecule is COc1ccc(C(c2ccc(OC)cc2OC)N2CCCC(C(=O)O)C2)c(OC)c1. The van der Waals surface area contributed by atoms with Crippen LogP contribution in [0, 0.1) is 5.92 Å². The fraction of sp³-hybridized carbons (Fsp3) is 0.435. The number of carbonyl (C=O) groups is 1. The summed E-state index contributed by atoms with van der Waals surface area (Å²) in [5.74, 6) is 1.57. The van der Waals surface area contributed by atoms with Crippen LogP contribution in [0.2, 0.25) is 0 Å². The Bertz CT molecular complexity index is 828. The Labute approximate surface area is 177 Å². The summed E-state index contributed by atoms with van der Waals surface area (Å²) < 4.78 is 22.1. The van der Waals surface area contributed by atoms with Gasteiger partial charge in [0.2, 0.25) is 0 Å². The van der Waals surface area contributed by atoms with Crippen LogP contribution in [0.15, 0.2) is 36.4 Å². The molecule has 2 aromatic rings. The molecule has 0 saturated carbocycles. The summed E-state index contributed by atoms with van der Waals surface area (Å²) >= 11 is 0. The standard InChI is InChI=1S/C23H29NO6/c1-27-16-7-9-18(20(12-16)29-3)22(24-11-5-6-15(14-24)23(25)26)19-10-8-17(28-2)13-21(19)30-4/h7-10,12-13,15,22H,5-6,11,14H2,1-4H3,(H,25,26). The summed E-state index contributed by atoms with van der Waals surface area (Å²) in [6.45, 7) is 1.23. The highest BCUT2D eigenvalue weighted by Crippen LogP contribution is 2.42. The molecule has 1 unspecified atom stereocenters. The number of hydrogen-bond acceptors (Lipinski definition) is 6. The normalized spacial score (nSPS) is 16.9. The molecule has 7 nitrogen and oxygen atoms in total. The van der Waals surface area contributed by atoms with Gasteiger partial charge >= 0.3 is 5.97 Å². The third-order valence-electron chi connectivity index (χ3n) is 5.64. The highest BCUT2D eigenvalue weighted by atomic mass is 16.5. The number of nitrogens with zero attached hydrogens (tertiary/aromatic N) is 1. The Balaban J connectivity index is 2.14. The molecular formula is C23H29NO6. The zero-order valence-corrected chi connectivity index (χ0v) is 17.9. The lowest BCUT2D eigenvalue weighted by Gasteiger charge is -2.38. The first-order valence-corrected chi connectivity index (χ1v) is 9.93. The molecular weight excluding hydrogens is 386 g/mol. The number of piperidine rings is 1. The lowest BCUT2D eigenvalue weighted by molar-refractivity contribution is -0.143. The van der Waals surface area contributed by atoms with Crippen molar-refractivity contribution in [2.75, 3.05) is 41.5 Å². The lowest BCUT2D eigenvalue weighted by atomic mass is 9.90. The Kier molecular flexibility index (Phi) is 7.05. The summed E-state index contributed by atoms with van der Waals surface area (Å²) in [7, 11) is 6.47. The van der Waals surface area contributed by atoms with Gasteiger partial charge in [0.05, 0.1) is 40.4 Å². The van der Waals surface area contributed by atoms with E-state index in [1.165, 1.54) is 0 Å². The maximum absolute atomic E-state index is 11.7. The van der Waals surface area contributed by atoms with E-state index in [1.54, 1.807) is 28.4 Å². The smallest absolute Gasteiger partial charge is 0.307 e. The maximum Gasteiger partial charge on any atom is 0.307 e. The summed E-state index contributed by atoms with van der Waals surface area (Å²) in [5, 5.41) is 9.61. The summed E-state index contributed by atoms with van der Waals surface area (Å²) in [4.78, 5) is 13.9. The topological polar surface area (TPSA) is 77.5 Å². The molecule has 0 amide bonds. The highest BCUT2D eigenvalue weighted by Gasteiger charge is 2.34. The highest BCUT2D eigenvalue weighted by molar-refractivity contribution is 5.70. The zero-order valence-electron chi connectivity index (χ0n) is 17.9. The van der Waals surface area contributed by atoms with E-state index in [-0.39, 0.29) is 6.04 Å². The molecule has 1 atom stereocenters. The quantitative estimate of drug-likeness (QED) is 0.706. The fourth-order valence-corrected chi connectivity index (χ4v) is 4.09. The number of rotatable bonds is 8. The second kappa shape index (κ2) is 9.71. The average molecular weight is 415 g/mol. The molecule has 0 aromatic heterocycles. The van der Waals surface area contributed by atoms with Crippen LogP contribution in [0.25, 0.3) is 0 Å². The minimum atomic E-state index is -0.762. The molecule has 1 fully saturated rings. The van der Waals surface area contributed by atoms with E-state index in [0.717, 1.165) is 24.1 Å². The van der Waals surface area contributed by atoms with Crippen LogP contribution in [0.3, 0.4) is 0 Å². The van der Waals surface area contributed by atoms with Crippen LogP contribution in [0.4, 0.5) is 0 Å². The average Bonchev–Trinajstić information content (AvgIpc) is 2.79. The maximum atomic E-state index is 11.7. The third kappa shape index (κ3) is 4.46. The summed E-state index contributed by atoms with van der Waals surface area (Å²) in [6.07, 6.45) is 1.49. The molecule has 0 spiro atoms. The molecule has 162 valence electrons. The van der Waals surface area contributed by atoms with Crippen LogP contribution in [0.5, 0.6) is 23.0 Å². The minimum absolute atomic E-state index is 0.242. The van der Waals surface area contributed by atoms with Crippen molar-refractivity contribution in [2.24, 2.45) is 5.92 Å². The predicted molar refractivity (Wildman–Crippen MR) is 113 cm³/mol. The van der Waals surface area contributed by atoms with Gasteiger partial charge in [0.1, 0.15) is 23.0 Å². The van der Waals surface area contributed by atoms with Gasteiger partial charge in [0.25, 0.3) is 0 Å². The van der Waals surface area contributed by atoms with E-state index < -0.39 is 11.9 Å². The van der Waals surface area contributed by atoms with Gasteiger partial charge in [-0.05, 0) is 43.7 Å². The van der Waals surface area contributed by atoms with Gasteiger partial charge in [-0.15, -0.1) is 0 Å². The van der Waals surface area contributed by atoms with Crippen LogP contribution >= 0.6 is 0 Å². The van der Waals surface area contributed by atoms with Crippen molar-refractivity contribution in [3.8, 4) is 23.0 Å². The van der Waals surface area contributed by atoms with E-state index >= 15 is 0 Å². The molecule has 1 aliphatic rings. The van der Waals surface area contributed by atoms with Gasteiger partial charge in [-0.3, -0.25) is 9.69 Å². The van der Waals surface area contributed by atoms with Crippen molar-refractivity contribution in [2.45, 2.75) is 18.9 Å². The largest absolute Gasteiger partial charge is 0.497 e. The lowest BCUT2D eigenvalue weighted by Crippen LogP contribution is -2.41. The Morgan fingerprint density at radius 3 is 1.90 bits per heavy atom. The third-order valence-corrected chi connectivity index (χ3v) is 5.64. The van der Waals surface area contributed by atoms with Crippen molar-refractivity contribution in [1.82, 2.24) is 4.90 Å². The van der Waals surface area contributed by atoms with Crippen LogP contribution in [0.1, 0.15) is 30.0 Å². The first-order chi connectivity index (χ1) is 14.5. The summed E-state index contributed by atoms with van der Waals surface area (Å²) in [5.41, 5.74) is 1.85. The van der Waals surface area contributed by atoms with Crippen LogP contribution in [-0.4, -0.2) is 57.5 Å². The molecule has 0 bridgehead atoms. The van der Waals surface area contributed by atoms with E-state index in [9.17, 15) is 9.90 Å². The Morgan fingerprint density at radius 1 is 0.933 bits per heavy atom. The van der Waals surface area contributed by atoms with Gasteiger partial charge in [-0.1, -0.05) is 0 Å². The Hall–Kier alpha value is -2.93. The Morgan fingerprint density at radius 2 is 1.47 bits per heavy atom. The molecule has 2 aromatic carbocycles. The molecule has 3 rings (SSSR count). The van der Waals surface area contributed by atoms with E-state index in [0.29, 0.717) is 36.0 Å². The first-order valence-electron chi connectivity index (χ1n) is 9.93. The monoisotopic (exact) mass is 415 g/mol. The molecule has 7 heteroatoms. The number of hydrogen-bond donors (Lipinski definition) is 1. The number of methoxy groups -OCH3 is 4.